The summed E-state index contributed by atoms with van der Waals surface area (Å²) in [4.78, 5) is 21.1. The number of likely N-dealkylation sites (N-methyl/N-ethyl adjacent to an activating group) is 1. The highest BCUT2D eigenvalue weighted by molar-refractivity contribution is 7.90. The summed E-state index contributed by atoms with van der Waals surface area (Å²) in [6.07, 6.45) is 1.89. The molecule has 0 aliphatic rings. The Morgan fingerprint density at radius 3 is 2.35 bits per heavy atom. The van der Waals surface area contributed by atoms with Crippen molar-refractivity contribution in [2.24, 2.45) is 5.41 Å². The molecule has 0 saturated carbocycles. The second-order valence-corrected chi connectivity index (χ2v) is 11.8. The number of carbonyl (C=O) groups excluding carboxylic acids is 1. The average Bonchev–Trinajstić information content (AvgIpc) is 3.13. The van der Waals surface area contributed by atoms with Crippen molar-refractivity contribution in [1.82, 2.24) is 19.4 Å². The van der Waals surface area contributed by atoms with Gasteiger partial charge in [-0.1, -0.05) is 32.9 Å². The Morgan fingerprint density at radius 1 is 1.15 bits per heavy atom. The van der Waals surface area contributed by atoms with Gasteiger partial charge >= 0.3 is 0 Å². The smallest absolute Gasteiger partial charge is 0.228 e. The van der Waals surface area contributed by atoms with E-state index in [1.165, 1.54) is 30.5 Å². The van der Waals surface area contributed by atoms with E-state index >= 15 is 0 Å². The van der Waals surface area contributed by atoms with E-state index in [-0.39, 0.29) is 41.9 Å². The fraction of sp³-hybridized carbons (Fsp3) is 0.583. The number of carbonyl (C=O) groups is 1. The quantitative estimate of drug-likeness (QED) is 0.449. The van der Waals surface area contributed by atoms with Gasteiger partial charge in [0.15, 0.2) is 0 Å². The second-order valence-electron chi connectivity index (χ2n) is 9.92. The molecule has 0 atom stereocenters. The molecule has 0 spiro atoms. The van der Waals surface area contributed by atoms with E-state index in [1.54, 1.807) is 16.6 Å². The van der Waals surface area contributed by atoms with Crippen LogP contribution in [0.5, 0.6) is 0 Å². The zero-order valence-electron chi connectivity index (χ0n) is 21.0. The molecule has 0 aliphatic heterocycles. The molecule has 0 saturated heterocycles. The molecular formula is C24H37FN4O4S. The van der Waals surface area contributed by atoms with Crippen LogP contribution in [-0.4, -0.2) is 74.6 Å². The highest BCUT2D eigenvalue weighted by Gasteiger charge is 2.27. The topological polar surface area (TPSA) is 84.7 Å². The average molecular weight is 497 g/mol. The zero-order valence-corrected chi connectivity index (χ0v) is 21.9. The van der Waals surface area contributed by atoms with Crippen molar-refractivity contribution < 1.29 is 22.3 Å². The Bertz CT molecular complexity index is 1040. The molecule has 0 N–H and O–H groups in total. The predicted molar refractivity (Wildman–Crippen MR) is 129 cm³/mol. The van der Waals surface area contributed by atoms with Gasteiger partial charge in [-0.15, -0.1) is 0 Å². The van der Waals surface area contributed by atoms with E-state index in [4.69, 9.17) is 4.74 Å². The third-order valence-electron chi connectivity index (χ3n) is 5.17. The number of imidazole rings is 1. The summed E-state index contributed by atoms with van der Waals surface area (Å²) >= 11 is 0. The summed E-state index contributed by atoms with van der Waals surface area (Å²) in [6, 6.07) is 5.36. The third-order valence-corrected chi connectivity index (χ3v) is 6.77. The molecule has 10 heteroatoms. The number of benzene rings is 1. The lowest BCUT2D eigenvalue weighted by Gasteiger charge is -2.28. The van der Waals surface area contributed by atoms with Crippen LogP contribution in [0.3, 0.4) is 0 Å². The van der Waals surface area contributed by atoms with Gasteiger partial charge in [-0.3, -0.25) is 4.79 Å². The Labute approximate surface area is 202 Å². The number of rotatable bonds is 12. The Hall–Kier alpha value is -2.30. The minimum Gasteiger partial charge on any atom is -0.383 e. The highest BCUT2D eigenvalue weighted by Crippen LogP contribution is 2.22. The van der Waals surface area contributed by atoms with E-state index in [9.17, 15) is 17.6 Å². The fourth-order valence-electron chi connectivity index (χ4n) is 3.43. The van der Waals surface area contributed by atoms with Crippen LogP contribution >= 0.6 is 0 Å². The minimum atomic E-state index is -3.81. The summed E-state index contributed by atoms with van der Waals surface area (Å²) in [7, 11) is 1.61. The van der Waals surface area contributed by atoms with Crippen molar-refractivity contribution in [2.45, 2.75) is 51.2 Å². The van der Waals surface area contributed by atoms with Crippen LogP contribution in [-0.2, 0) is 38.2 Å². The number of sulfone groups is 1. The lowest BCUT2D eigenvalue weighted by atomic mass is 9.91. The molecule has 0 bridgehead atoms. The van der Waals surface area contributed by atoms with Gasteiger partial charge in [-0.2, -0.15) is 0 Å². The number of hydrogen-bond acceptors (Lipinski definition) is 6. The van der Waals surface area contributed by atoms with Gasteiger partial charge in [0.25, 0.3) is 0 Å². The lowest BCUT2D eigenvalue weighted by Crippen LogP contribution is -2.38. The summed E-state index contributed by atoms with van der Waals surface area (Å²) < 4.78 is 46.4. The van der Waals surface area contributed by atoms with Gasteiger partial charge in [0.1, 0.15) is 5.82 Å². The van der Waals surface area contributed by atoms with Gasteiger partial charge in [0.2, 0.25) is 20.9 Å². The first kappa shape index (κ1) is 27.9. The second kappa shape index (κ2) is 11.9. The minimum absolute atomic E-state index is 0.00422. The van der Waals surface area contributed by atoms with Crippen molar-refractivity contribution in [3.8, 4) is 0 Å². The van der Waals surface area contributed by atoms with Crippen LogP contribution in [0.2, 0.25) is 0 Å². The Balaban J connectivity index is 2.37. The maximum atomic E-state index is 13.2. The molecule has 190 valence electrons. The van der Waals surface area contributed by atoms with Crippen LogP contribution in [0.15, 0.2) is 35.6 Å². The summed E-state index contributed by atoms with van der Waals surface area (Å²) in [5, 5.41) is -0.0836. The number of hydrogen-bond donors (Lipinski definition) is 0. The van der Waals surface area contributed by atoms with Gasteiger partial charge in [0.05, 0.1) is 30.8 Å². The van der Waals surface area contributed by atoms with Gasteiger partial charge in [-0.25, -0.2) is 17.8 Å². The van der Waals surface area contributed by atoms with Crippen molar-refractivity contribution in [3.05, 3.63) is 47.5 Å². The molecular weight excluding hydrogens is 459 g/mol. The zero-order chi connectivity index (χ0) is 25.5. The van der Waals surface area contributed by atoms with E-state index < -0.39 is 15.7 Å². The molecule has 1 aromatic carbocycles. The molecule has 34 heavy (non-hydrogen) atoms. The van der Waals surface area contributed by atoms with Crippen LogP contribution in [0.25, 0.3) is 0 Å². The molecule has 8 nitrogen and oxygen atoms in total. The van der Waals surface area contributed by atoms with Crippen molar-refractivity contribution in [2.75, 3.05) is 40.9 Å². The molecule has 2 rings (SSSR count). The van der Waals surface area contributed by atoms with Crippen molar-refractivity contribution in [3.63, 3.8) is 0 Å². The first-order valence-electron chi connectivity index (χ1n) is 11.3. The highest BCUT2D eigenvalue weighted by atomic mass is 32.2. The van der Waals surface area contributed by atoms with Crippen molar-refractivity contribution in [1.29, 1.82) is 0 Å². The number of ether oxygens (including phenoxy) is 1. The summed E-state index contributed by atoms with van der Waals surface area (Å²) in [5.41, 5.74) is 0.917. The first-order valence-corrected chi connectivity index (χ1v) is 12.9. The van der Waals surface area contributed by atoms with Gasteiger partial charge in [0, 0.05) is 33.2 Å². The molecule has 2 aromatic rings. The molecule has 0 fully saturated rings. The van der Waals surface area contributed by atoms with Crippen LogP contribution < -0.4 is 0 Å². The number of halogens is 1. The van der Waals surface area contributed by atoms with E-state index in [0.29, 0.717) is 30.8 Å². The SMILES string of the molecule is COCCn1c(CN(CCN(C)C)C(=O)CC(C)(C)C)cnc1S(=O)(=O)Cc1ccc(F)cc1. The molecule has 1 aromatic heterocycles. The maximum absolute atomic E-state index is 13.2. The largest absolute Gasteiger partial charge is 0.383 e. The number of aromatic nitrogens is 2. The molecule has 1 amide bonds. The maximum Gasteiger partial charge on any atom is 0.228 e. The Kier molecular flexibility index (Phi) is 9.78. The number of methoxy groups -OCH3 is 1. The summed E-state index contributed by atoms with van der Waals surface area (Å²) in [5.74, 6) is -0.725. The van der Waals surface area contributed by atoms with Crippen molar-refractivity contribution >= 4 is 15.7 Å². The third kappa shape index (κ3) is 8.48. The van der Waals surface area contributed by atoms with Gasteiger partial charge in [-0.05, 0) is 37.2 Å². The molecule has 1 heterocycles. The van der Waals surface area contributed by atoms with Crippen LogP contribution in [0.4, 0.5) is 4.39 Å². The monoisotopic (exact) mass is 496 g/mol. The van der Waals surface area contributed by atoms with E-state index in [1.807, 2.05) is 39.8 Å². The molecule has 0 radical (unpaired) electrons. The molecule has 0 aliphatic carbocycles. The first-order chi connectivity index (χ1) is 15.8. The van der Waals surface area contributed by atoms with Crippen LogP contribution in [0.1, 0.15) is 38.4 Å². The predicted octanol–water partition coefficient (Wildman–Crippen LogP) is 2.97. The molecule has 0 unspecified atom stereocenters. The van der Waals surface area contributed by atoms with E-state index in [0.717, 1.165) is 0 Å². The summed E-state index contributed by atoms with van der Waals surface area (Å²) in [6.45, 7) is 8.03. The standard InChI is InChI=1S/C24H37FN4O4S/c1-24(2,3)15-22(30)28(12-11-27(4)5)17-21-16-26-23(29(21)13-14-33-6)34(31,32)18-19-7-9-20(25)10-8-19/h7-10,16H,11-15,17-18H2,1-6H3. The van der Waals surface area contributed by atoms with E-state index in [2.05, 4.69) is 4.98 Å². The Morgan fingerprint density at radius 2 is 1.79 bits per heavy atom. The lowest BCUT2D eigenvalue weighted by molar-refractivity contribution is -0.134. The van der Waals surface area contributed by atoms with Gasteiger partial charge < -0.3 is 19.1 Å². The number of nitrogens with zero attached hydrogens (tertiary/aromatic N) is 4. The number of amides is 1. The fourth-order valence-corrected chi connectivity index (χ4v) is 4.94. The van der Waals surface area contributed by atoms with Crippen LogP contribution in [0, 0.1) is 11.2 Å². The normalized spacial score (nSPS) is 12.4.